The molecule has 1 amide bonds. The number of nitrogens with zero attached hydrogens (tertiary/aromatic N) is 2. The van der Waals surface area contributed by atoms with Crippen LogP contribution in [-0.2, 0) is 15.8 Å². The lowest BCUT2D eigenvalue weighted by molar-refractivity contribution is -0.274. The lowest BCUT2D eigenvalue weighted by Gasteiger charge is -2.28. The molecule has 0 aliphatic carbocycles. The Morgan fingerprint density at radius 1 is 0.915 bits per heavy atom. The first-order valence-electron chi connectivity index (χ1n) is 14.3. The number of carboxylic acid groups (broad SMARTS) is 1. The van der Waals surface area contributed by atoms with E-state index in [9.17, 15) is 35.9 Å². The third-order valence-corrected chi connectivity index (χ3v) is 6.98. The number of carbonyl (C=O) groups excluding carboxylic acids is 1. The minimum absolute atomic E-state index is 0.0402. The summed E-state index contributed by atoms with van der Waals surface area (Å²) in [5.74, 6) is -2.28. The van der Waals surface area contributed by atoms with E-state index >= 15 is 0 Å². The summed E-state index contributed by atoms with van der Waals surface area (Å²) in [5, 5.41) is 15.1. The molecule has 250 valence electrons. The summed E-state index contributed by atoms with van der Waals surface area (Å²) in [6.07, 6.45) is -7.58. The van der Waals surface area contributed by atoms with Gasteiger partial charge in [0.15, 0.2) is 0 Å². The summed E-state index contributed by atoms with van der Waals surface area (Å²) in [4.78, 5) is 29.3. The van der Waals surface area contributed by atoms with Crippen LogP contribution in [0.1, 0.15) is 65.3 Å². The summed E-state index contributed by atoms with van der Waals surface area (Å²) in [5.41, 5.74) is 4.31. The molecule has 0 fully saturated rings. The maximum atomic E-state index is 13.0. The number of rotatable bonds is 14. The largest absolute Gasteiger partial charge is 0.573 e. The zero-order valence-corrected chi connectivity index (χ0v) is 24.8. The van der Waals surface area contributed by atoms with E-state index in [0.29, 0.717) is 35.3 Å². The Hall–Kier alpha value is -5.05. The highest BCUT2D eigenvalue weighted by Gasteiger charge is 2.33. The quantitative estimate of drug-likeness (QED) is 0.0937. The Labute approximate surface area is 265 Å². The number of aliphatic carboxylic acids is 1. The number of ether oxygens (including phenoxy) is 1. The number of halogens is 6. The molecule has 2 unspecified atom stereocenters. The van der Waals surface area contributed by atoms with Gasteiger partial charge >= 0.3 is 18.5 Å². The fourth-order valence-electron chi connectivity index (χ4n) is 4.74. The van der Waals surface area contributed by atoms with Crippen molar-refractivity contribution in [2.24, 2.45) is 0 Å². The predicted molar refractivity (Wildman–Crippen MR) is 158 cm³/mol. The van der Waals surface area contributed by atoms with Gasteiger partial charge < -0.3 is 15.2 Å². The minimum Gasteiger partial charge on any atom is -0.481 e. The normalized spacial score (nSPS) is 13.1. The second kappa shape index (κ2) is 15.0. The van der Waals surface area contributed by atoms with Crippen LogP contribution in [0.5, 0.6) is 5.75 Å². The number of anilines is 1. The number of carboxylic acids is 1. The molecule has 0 spiro atoms. The van der Waals surface area contributed by atoms with Crippen LogP contribution in [0, 0.1) is 0 Å². The Morgan fingerprint density at radius 3 is 2.11 bits per heavy atom. The maximum absolute atomic E-state index is 13.0. The smallest absolute Gasteiger partial charge is 0.481 e. The average molecular weight is 665 g/mol. The first kappa shape index (κ1) is 34.8. The number of benzene rings is 3. The molecule has 47 heavy (non-hydrogen) atoms. The molecule has 0 saturated carbocycles. The molecule has 0 aliphatic rings. The van der Waals surface area contributed by atoms with Gasteiger partial charge in [0.05, 0.1) is 29.6 Å². The molecule has 9 nitrogen and oxygen atoms in total. The van der Waals surface area contributed by atoms with Crippen LogP contribution in [0.25, 0.3) is 5.69 Å². The fraction of sp³-hybridized carbons (Fsp3) is 0.281. The van der Waals surface area contributed by atoms with Crippen molar-refractivity contribution in [2.75, 3.05) is 12.0 Å². The molecule has 4 rings (SSSR count). The Bertz CT molecular complexity index is 1620. The fourth-order valence-corrected chi connectivity index (χ4v) is 4.74. The van der Waals surface area contributed by atoms with Crippen LogP contribution in [0.3, 0.4) is 0 Å². The van der Waals surface area contributed by atoms with Crippen molar-refractivity contribution in [1.82, 2.24) is 15.1 Å². The molecular formula is C32H30F6N4O5. The third kappa shape index (κ3) is 9.97. The molecule has 0 radical (unpaired) electrons. The molecule has 1 heterocycles. The van der Waals surface area contributed by atoms with E-state index in [1.807, 2.05) is 6.92 Å². The predicted octanol–water partition coefficient (Wildman–Crippen LogP) is 7.66. The van der Waals surface area contributed by atoms with Gasteiger partial charge in [0.25, 0.3) is 5.91 Å². The molecule has 1 aromatic heterocycles. The highest BCUT2D eigenvalue weighted by atomic mass is 19.4. The number of aromatic nitrogens is 2. The van der Waals surface area contributed by atoms with Crippen LogP contribution >= 0.6 is 0 Å². The maximum Gasteiger partial charge on any atom is 0.573 e. The van der Waals surface area contributed by atoms with Crippen molar-refractivity contribution in [2.45, 2.75) is 50.7 Å². The number of amides is 1. The van der Waals surface area contributed by atoms with Crippen molar-refractivity contribution in [3.8, 4) is 11.4 Å². The monoisotopic (exact) mass is 664 g/mol. The van der Waals surface area contributed by atoms with E-state index in [0.717, 1.165) is 22.6 Å². The molecule has 2 atom stereocenters. The second-order valence-electron chi connectivity index (χ2n) is 10.4. The Morgan fingerprint density at radius 2 is 1.55 bits per heavy atom. The van der Waals surface area contributed by atoms with Crippen LogP contribution in [-0.4, -0.2) is 39.7 Å². The third-order valence-electron chi connectivity index (χ3n) is 6.98. The lowest BCUT2D eigenvalue weighted by atomic mass is 9.85. The van der Waals surface area contributed by atoms with E-state index in [1.165, 1.54) is 36.4 Å². The number of alkyl halides is 6. The van der Waals surface area contributed by atoms with E-state index in [-0.39, 0.29) is 18.9 Å². The molecule has 0 bridgehead atoms. The van der Waals surface area contributed by atoms with Gasteiger partial charge in [0, 0.05) is 24.2 Å². The Kier molecular flexibility index (Phi) is 11.1. The molecule has 0 saturated heterocycles. The molecule has 3 N–H and O–H groups in total. The summed E-state index contributed by atoms with van der Waals surface area (Å²) >= 11 is 0. The van der Waals surface area contributed by atoms with Gasteiger partial charge in [-0.05, 0) is 66.1 Å². The highest BCUT2D eigenvalue weighted by molar-refractivity contribution is 5.94. The molecule has 4 aromatic rings. The van der Waals surface area contributed by atoms with Crippen LogP contribution < -0.4 is 15.5 Å². The van der Waals surface area contributed by atoms with Crippen LogP contribution in [0.15, 0.2) is 85.2 Å². The molecule has 15 heteroatoms. The van der Waals surface area contributed by atoms with Crippen molar-refractivity contribution < 1.29 is 50.6 Å². The molecule has 3 aromatic carbocycles. The van der Waals surface area contributed by atoms with Gasteiger partial charge in [-0.3, -0.25) is 19.9 Å². The van der Waals surface area contributed by atoms with E-state index in [1.54, 1.807) is 36.4 Å². The Balaban J connectivity index is 1.57. The van der Waals surface area contributed by atoms with Gasteiger partial charge in [-0.2, -0.15) is 18.3 Å². The first-order chi connectivity index (χ1) is 22.2. The first-order valence-corrected chi connectivity index (χ1v) is 14.3. The SMILES string of the molecule is CCCC(c1ccc(C(=O)NCCC(=O)O)cc1)C(ONc1ccc(-n2cc(C(F)(F)F)cn2)cc1)c1ccc(OC(F)(F)F)cc1. The van der Waals surface area contributed by atoms with Crippen molar-refractivity contribution in [3.63, 3.8) is 0 Å². The van der Waals surface area contributed by atoms with Crippen molar-refractivity contribution in [1.29, 1.82) is 0 Å². The summed E-state index contributed by atoms with van der Waals surface area (Å²) in [6.45, 7) is 1.90. The van der Waals surface area contributed by atoms with Crippen LogP contribution in [0.2, 0.25) is 0 Å². The second-order valence-corrected chi connectivity index (χ2v) is 10.4. The number of carbonyl (C=O) groups is 2. The van der Waals surface area contributed by atoms with E-state index in [4.69, 9.17) is 9.94 Å². The highest BCUT2D eigenvalue weighted by Crippen LogP contribution is 2.39. The van der Waals surface area contributed by atoms with Crippen molar-refractivity contribution in [3.05, 3.63) is 107 Å². The van der Waals surface area contributed by atoms with Gasteiger partial charge in [0.1, 0.15) is 11.9 Å². The van der Waals surface area contributed by atoms with Gasteiger partial charge in [-0.25, -0.2) is 4.68 Å². The standard InChI is InChI=1S/C32H30F6N4O5/c1-2-3-27(20-4-6-22(7-5-20)30(45)39-17-16-28(43)44)29(21-8-14-26(15-9-21)46-32(36,37)38)47-41-24-10-12-25(13-11-24)42-19-23(18-40-42)31(33,34)35/h4-15,18-19,27,29,41H,2-3,16-17H2,1H3,(H,39,45)(H,43,44). The summed E-state index contributed by atoms with van der Waals surface area (Å²) in [7, 11) is 0. The van der Waals surface area contributed by atoms with Gasteiger partial charge in [-0.15, -0.1) is 13.2 Å². The number of hydrogen-bond donors (Lipinski definition) is 3. The topological polar surface area (TPSA) is 115 Å². The molecular weight excluding hydrogens is 634 g/mol. The van der Waals surface area contributed by atoms with Gasteiger partial charge in [-0.1, -0.05) is 37.6 Å². The number of nitrogens with one attached hydrogen (secondary N) is 2. The zero-order valence-electron chi connectivity index (χ0n) is 24.8. The van der Waals surface area contributed by atoms with Crippen LogP contribution in [0.4, 0.5) is 32.0 Å². The lowest BCUT2D eigenvalue weighted by Crippen LogP contribution is -2.26. The zero-order chi connectivity index (χ0) is 34.2. The summed E-state index contributed by atoms with van der Waals surface area (Å²) < 4.78 is 82.4. The van der Waals surface area contributed by atoms with Crippen molar-refractivity contribution >= 4 is 17.6 Å². The minimum atomic E-state index is -4.87. The number of hydrogen-bond acceptors (Lipinski definition) is 6. The molecule has 0 aliphatic heterocycles. The average Bonchev–Trinajstić information content (AvgIpc) is 3.52. The van der Waals surface area contributed by atoms with E-state index < -0.39 is 41.8 Å². The van der Waals surface area contributed by atoms with Gasteiger partial charge in [0.2, 0.25) is 0 Å². The summed E-state index contributed by atoms with van der Waals surface area (Å²) in [6, 6.07) is 18.0. The van der Waals surface area contributed by atoms with E-state index in [2.05, 4.69) is 20.6 Å².